The summed E-state index contributed by atoms with van der Waals surface area (Å²) in [6.45, 7) is 7.49. The van der Waals surface area contributed by atoms with E-state index in [1.807, 2.05) is 26.8 Å². The van der Waals surface area contributed by atoms with Crippen LogP contribution in [0.5, 0.6) is 0 Å². The van der Waals surface area contributed by atoms with Crippen molar-refractivity contribution < 1.29 is 0 Å². The third kappa shape index (κ3) is 2.65. The third-order valence-corrected chi connectivity index (χ3v) is 2.31. The Bertz CT molecular complexity index is 484. The minimum Gasteiger partial charge on any atom is -0.310 e. The lowest BCUT2D eigenvalue weighted by molar-refractivity contribution is 0.649. The molecule has 6 heteroatoms. The maximum Gasteiger partial charge on any atom is 0.252 e. The molecule has 0 aliphatic carbocycles. The Morgan fingerprint density at radius 2 is 1.94 bits per heavy atom. The van der Waals surface area contributed by atoms with Crippen molar-refractivity contribution in [2.24, 2.45) is 0 Å². The first-order valence-electron chi connectivity index (χ1n) is 5.63. The molecule has 0 saturated carbocycles. The molecule has 0 aliphatic rings. The van der Waals surface area contributed by atoms with Crippen LogP contribution >= 0.6 is 0 Å². The minimum atomic E-state index is 0.577. The van der Waals surface area contributed by atoms with Crippen LogP contribution in [-0.2, 0) is 6.54 Å². The van der Waals surface area contributed by atoms with E-state index in [2.05, 4.69) is 25.4 Å². The molecule has 0 spiro atoms. The summed E-state index contributed by atoms with van der Waals surface area (Å²) in [5, 5.41) is 7.37. The fourth-order valence-electron chi connectivity index (χ4n) is 1.59. The maximum absolute atomic E-state index is 4.37. The van der Waals surface area contributed by atoms with Crippen molar-refractivity contribution in [3.8, 4) is 5.95 Å². The van der Waals surface area contributed by atoms with Crippen molar-refractivity contribution >= 4 is 0 Å². The van der Waals surface area contributed by atoms with Crippen LogP contribution < -0.4 is 5.32 Å². The summed E-state index contributed by atoms with van der Waals surface area (Å²) >= 11 is 0. The maximum atomic E-state index is 4.37. The SMILES string of the molecule is CCNCc1ncnn1-c1nc(C)cc(C)n1. The molecule has 17 heavy (non-hydrogen) atoms. The average molecular weight is 232 g/mol. The highest BCUT2D eigenvalue weighted by molar-refractivity contribution is 5.18. The Morgan fingerprint density at radius 1 is 1.24 bits per heavy atom. The summed E-state index contributed by atoms with van der Waals surface area (Å²) in [5.74, 6) is 1.39. The molecule has 2 heterocycles. The molecule has 2 aromatic heterocycles. The number of hydrogen-bond acceptors (Lipinski definition) is 5. The Kier molecular flexibility index (Phi) is 3.43. The standard InChI is InChI=1S/C11H16N6/c1-4-12-6-10-13-7-14-17(10)11-15-8(2)5-9(3)16-11/h5,7,12H,4,6H2,1-3H3. The summed E-state index contributed by atoms with van der Waals surface area (Å²) in [6, 6.07) is 1.93. The predicted molar refractivity (Wildman–Crippen MR) is 63.8 cm³/mol. The molecule has 0 bridgehead atoms. The molecule has 0 saturated heterocycles. The number of nitrogens with zero attached hydrogens (tertiary/aromatic N) is 5. The number of hydrogen-bond donors (Lipinski definition) is 1. The normalized spacial score (nSPS) is 10.8. The van der Waals surface area contributed by atoms with Gasteiger partial charge in [0.1, 0.15) is 12.2 Å². The lowest BCUT2D eigenvalue weighted by Gasteiger charge is -2.06. The number of nitrogens with one attached hydrogen (secondary N) is 1. The van der Waals surface area contributed by atoms with Crippen LogP contribution in [0.4, 0.5) is 0 Å². The molecule has 2 aromatic rings. The lowest BCUT2D eigenvalue weighted by atomic mass is 10.4. The van der Waals surface area contributed by atoms with Crippen LogP contribution in [0, 0.1) is 13.8 Å². The summed E-state index contributed by atoms with van der Waals surface area (Å²) < 4.78 is 1.67. The van der Waals surface area contributed by atoms with Gasteiger partial charge >= 0.3 is 0 Å². The summed E-state index contributed by atoms with van der Waals surface area (Å²) in [4.78, 5) is 12.9. The van der Waals surface area contributed by atoms with Gasteiger partial charge in [-0.05, 0) is 26.5 Å². The van der Waals surface area contributed by atoms with Gasteiger partial charge in [-0.15, -0.1) is 0 Å². The highest BCUT2D eigenvalue weighted by atomic mass is 15.4. The third-order valence-electron chi connectivity index (χ3n) is 2.31. The zero-order valence-corrected chi connectivity index (χ0v) is 10.3. The Morgan fingerprint density at radius 3 is 2.59 bits per heavy atom. The van der Waals surface area contributed by atoms with E-state index in [1.54, 1.807) is 4.68 Å². The van der Waals surface area contributed by atoms with Gasteiger partial charge < -0.3 is 5.32 Å². The van der Waals surface area contributed by atoms with Crippen molar-refractivity contribution in [1.29, 1.82) is 0 Å². The van der Waals surface area contributed by atoms with Crippen molar-refractivity contribution in [3.63, 3.8) is 0 Å². The zero-order chi connectivity index (χ0) is 12.3. The Balaban J connectivity index is 2.35. The smallest absolute Gasteiger partial charge is 0.252 e. The highest BCUT2D eigenvalue weighted by Crippen LogP contribution is 2.05. The van der Waals surface area contributed by atoms with Crippen LogP contribution in [0.3, 0.4) is 0 Å². The molecule has 2 rings (SSSR count). The molecule has 0 radical (unpaired) electrons. The van der Waals surface area contributed by atoms with Gasteiger partial charge in [-0.25, -0.2) is 15.0 Å². The van der Waals surface area contributed by atoms with Gasteiger partial charge in [-0.3, -0.25) is 0 Å². The van der Waals surface area contributed by atoms with Crippen molar-refractivity contribution in [2.45, 2.75) is 27.3 Å². The number of aromatic nitrogens is 5. The molecule has 0 aliphatic heterocycles. The van der Waals surface area contributed by atoms with Crippen LogP contribution in [0.15, 0.2) is 12.4 Å². The molecular weight excluding hydrogens is 216 g/mol. The average Bonchev–Trinajstić information content (AvgIpc) is 2.73. The predicted octanol–water partition coefficient (Wildman–Crippen LogP) is 0.784. The van der Waals surface area contributed by atoms with Crippen molar-refractivity contribution in [2.75, 3.05) is 6.54 Å². The minimum absolute atomic E-state index is 0.577. The largest absolute Gasteiger partial charge is 0.310 e. The molecule has 0 unspecified atom stereocenters. The van der Waals surface area contributed by atoms with Gasteiger partial charge in [-0.1, -0.05) is 6.92 Å². The van der Waals surface area contributed by atoms with Crippen LogP contribution in [0.25, 0.3) is 5.95 Å². The first-order chi connectivity index (χ1) is 8.20. The van der Waals surface area contributed by atoms with E-state index in [-0.39, 0.29) is 0 Å². The molecule has 1 N–H and O–H groups in total. The van der Waals surface area contributed by atoms with E-state index in [9.17, 15) is 0 Å². The first-order valence-corrected chi connectivity index (χ1v) is 5.63. The van der Waals surface area contributed by atoms with Gasteiger partial charge in [0.05, 0.1) is 6.54 Å². The summed E-state index contributed by atoms with van der Waals surface area (Å²) in [5.41, 5.74) is 1.86. The fraction of sp³-hybridized carbons (Fsp3) is 0.455. The van der Waals surface area contributed by atoms with E-state index in [1.165, 1.54) is 6.33 Å². The molecule has 0 amide bonds. The summed E-state index contributed by atoms with van der Waals surface area (Å²) in [7, 11) is 0. The van der Waals surface area contributed by atoms with E-state index < -0.39 is 0 Å². The molecule has 0 aromatic carbocycles. The Hall–Kier alpha value is -1.82. The first kappa shape index (κ1) is 11.7. The zero-order valence-electron chi connectivity index (χ0n) is 10.3. The van der Waals surface area contributed by atoms with Crippen LogP contribution in [0.2, 0.25) is 0 Å². The second-order valence-electron chi connectivity index (χ2n) is 3.82. The van der Waals surface area contributed by atoms with E-state index in [0.717, 1.165) is 23.8 Å². The van der Waals surface area contributed by atoms with E-state index in [4.69, 9.17) is 0 Å². The van der Waals surface area contributed by atoms with Crippen LogP contribution in [-0.4, -0.2) is 31.3 Å². The van der Waals surface area contributed by atoms with E-state index in [0.29, 0.717) is 12.5 Å². The highest BCUT2D eigenvalue weighted by Gasteiger charge is 2.09. The van der Waals surface area contributed by atoms with Gasteiger partial charge in [0.2, 0.25) is 0 Å². The molecule has 90 valence electrons. The van der Waals surface area contributed by atoms with Gasteiger partial charge in [0.15, 0.2) is 0 Å². The molecule has 6 nitrogen and oxygen atoms in total. The van der Waals surface area contributed by atoms with E-state index >= 15 is 0 Å². The fourth-order valence-corrected chi connectivity index (χ4v) is 1.59. The number of rotatable bonds is 4. The molecule has 0 atom stereocenters. The van der Waals surface area contributed by atoms with Gasteiger partial charge in [-0.2, -0.15) is 9.78 Å². The van der Waals surface area contributed by atoms with Crippen LogP contribution in [0.1, 0.15) is 24.1 Å². The molecule has 0 fully saturated rings. The van der Waals surface area contributed by atoms with Gasteiger partial charge in [0, 0.05) is 11.4 Å². The number of aryl methyl sites for hydroxylation is 2. The monoisotopic (exact) mass is 232 g/mol. The second kappa shape index (κ2) is 5.01. The molecular formula is C11H16N6. The summed E-state index contributed by atoms with van der Waals surface area (Å²) in [6.07, 6.45) is 1.52. The lowest BCUT2D eigenvalue weighted by Crippen LogP contribution is -2.17. The quantitative estimate of drug-likeness (QED) is 0.843. The van der Waals surface area contributed by atoms with Crippen molar-refractivity contribution in [3.05, 3.63) is 29.6 Å². The van der Waals surface area contributed by atoms with Gasteiger partial charge in [0.25, 0.3) is 5.95 Å². The van der Waals surface area contributed by atoms with Crippen molar-refractivity contribution in [1.82, 2.24) is 30.0 Å². The second-order valence-corrected chi connectivity index (χ2v) is 3.82. The Labute approximate surface area is 100 Å². The topological polar surface area (TPSA) is 68.5 Å².